The van der Waals surface area contributed by atoms with E-state index in [2.05, 4.69) is 5.32 Å². The third-order valence-electron chi connectivity index (χ3n) is 6.70. The van der Waals surface area contributed by atoms with E-state index in [-0.39, 0.29) is 23.2 Å². The van der Waals surface area contributed by atoms with Crippen molar-refractivity contribution in [1.29, 1.82) is 0 Å². The number of hydrogen-bond acceptors (Lipinski definition) is 7. The fourth-order valence-corrected chi connectivity index (χ4v) is 6.02. The molecule has 1 saturated heterocycles. The predicted octanol–water partition coefficient (Wildman–Crippen LogP) is 4.61. The highest BCUT2D eigenvalue weighted by molar-refractivity contribution is 7.99. The average molecular weight is 535 g/mol. The van der Waals surface area contributed by atoms with E-state index in [1.54, 1.807) is 38.6 Å². The van der Waals surface area contributed by atoms with E-state index in [9.17, 15) is 23.9 Å². The first kappa shape index (κ1) is 27.2. The van der Waals surface area contributed by atoms with Crippen LogP contribution in [-0.4, -0.2) is 61.6 Å². The number of likely N-dealkylation sites (tertiary alicyclic amines) is 1. The summed E-state index contributed by atoms with van der Waals surface area (Å²) in [6.07, 6.45) is 4.64. The number of hydrogen-bond donors (Lipinski definition) is 2. The standard InChI is InChI=1S/C26H35FN4O5S/c1-26(2,3)36-23(32)14-31-22(15-37-17-8-10-30(11-9-17)25(34)35)29-20-13-21(28-16-6-4-5-7-16)19(27)12-18(20)24(31)33/h12-13,16-17,28H,4-11,14-15H2,1-3H3,(H,34,35). The molecule has 1 amide bonds. The highest BCUT2D eigenvalue weighted by Crippen LogP contribution is 2.29. The topological polar surface area (TPSA) is 114 Å². The number of carbonyl (C=O) groups excluding carboxylic acids is 1. The lowest BCUT2D eigenvalue weighted by molar-refractivity contribution is -0.155. The molecule has 2 N–H and O–H groups in total. The molecule has 2 heterocycles. The van der Waals surface area contributed by atoms with Gasteiger partial charge in [0.2, 0.25) is 0 Å². The quantitative estimate of drug-likeness (QED) is 0.495. The summed E-state index contributed by atoms with van der Waals surface area (Å²) in [4.78, 5) is 43.4. The van der Waals surface area contributed by atoms with Crippen LogP contribution in [0.25, 0.3) is 10.9 Å². The summed E-state index contributed by atoms with van der Waals surface area (Å²) in [7, 11) is 0. The van der Waals surface area contributed by atoms with Crippen molar-refractivity contribution in [3.63, 3.8) is 0 Å². The van der Waals surface area contributed by atoms with Crippen LogP contribution in [0.5, 0.6) is 0 Å². The molecule has 11 heteroatoms. The Kier molecular flexibility index (Phi) is 8.30. The molecule has 2 aromatic rings. The van der Waals surface area contributed by atoms with E-state index in [1.807, 2.05) is 0 Å². The van der Waals surface area contributed by atoms with Crippen molar-refractivity contribution in [2.45, 2.75) is 88.5 Å². The number of halogens is 1. The molecule has 1 aromatic carbocycles. The summed E-state index contributed by atoms with van der Waals surface area (Å²) < 4.78 is 21.7. The minimum absolute atomic E-state index is 0.113. The molecule has 2 fully saturated rings. The second-order valence-corrected chi connectivity index (χ2v) is 12.0. The van der Waals surface area contributed by atoms with Gasteiger partial charge in [-0.15, -0.1) is 0 Å². The van der Waals surface area contributed by atoms with Crippen molar-refractivity contribution in [3.05, 3.63) is 34.1 Å². The maximum absolute atomic E-state index is 15.0. The number of thioether (sulfide) groups is 1. The SMILES string of the molecule is CC(C)(C)OC(=O)Cn1c(CSC2CCN(C(=O)O)CC2)nc2cc(NC3CCCC3)c(F)cc2c1=O. The molecule has 0 bridgehead atoms. The highest BCUT2D eigenvalue weighted by atomic mass is 32.2. The van der Waals surface area contributed by atoms with Crippen molar-refractivity contribution in [1.82, 2.24) is 14.5 Å². The normalized spacial score (nSPS) is 17.4. The Morgan fingerprint density at radius 1 is 1.19 bits per heavy atom. The minimum atomic E-state index is -0.917. The summed E-state index contributed by atoms with van der Waals surface area (Å²) >= 11 is 1.59. The lowest BCUT2D eigenvalue weighted by atomic mass is 10.1. The second kappa shape index (κ2) is 11.3. The predicted molar refractivity (Wildman–Crippen MR) is 142 cm³/mol. The Balaban J connectivity index is 1.62. The fourth-order valence-electron chi connectivity index (χ4n) is 4.87. The van der Waals surface area contributed by atoms with Crippen LogP contribution in [0, 0.1) is 5.82 Å². The summed E-state index contributed by atoms with van der Waals surface area (Å²) in [5, 5.41) is 12.8. The molecule has 1 saturated carbocycles. The lowest BCUT2D eigenvalue weighted by Gasteiger charge is -2.29. The molecule has 37 heavy (non-hydrogen) atoms. The van der Waals surface area contributed by atoms with Crippen LogP contribution in [0.2, 0.25) is 0 Å². The summed E-state index contributed by atoms with van der Waals surface area (Å²) in [6.45, 7) is 5.84. The molecule has 0 unspecified atom stereocenters. The van der Waals surface area contributed by atoms with Crippen LogP contribution in [-0.2, 0) is 21.8 Å². The van der Waals surface area contributed by atoms with Gasteiger partial charge in [0.1, 0.15) is 23.8 Å². The van der Waals surface area contributed by atoms with Gasteiger partial charge >= 0.3 is 12.1 Å². The van der Waals surface area contributed by atoms with Crippen LogP contribution in [0.1, 0.15) is 65.1 Å². The van der Waals surface area contributed by atoms with Gasteiger partial charge in [-0.05, 0) is 58.6 Å². The number of nitrogens with one attached hydrogen (secondary N) is 1. The number of carboxylic acid groups (broad SMARTS) is 1. The summed E-state index contributed by atoms with van der Waals surface area (Å²) in [6, 6.07) is 2.99. The number of aromatic nitrogens is 2. The lowest BCUT2D eigenvalue weighted by Crippen LogP contribution is -2.38. The van der Waals surface area contributed by atoms with Crippen LogP contribution >= 0.6 is 11.8 Å². The number of carbonyl (C=O) groups is 2. The minimum Gasteiger partial charge on any atom is -0.465 e. The third kappa shape index (κ3) is 6.94. The van der Waals surface area contributed by atoms with Gasteiger partial charge < -0.3 is 20.1 Å². The van der Waals surface area contributed by atoms with Crippen molar-refractivity contribution in [2.75, 3.05) is 18.4 Å². The maximum Gasteiger partial charge on any atom is 0.407 e. The zero-order chi connectivity index (χ0) is 26.7. The number of benzene rings is 1. The van der Waals surface area contributed by atoms with Gasteiger partial charge in [0.25, 0.3) is 5.56 Å². The zero-order valence-electron chi connectivity index (χ0n) is 21.6. The fraction of sp³-hybridized carbons (Fsp3) is 0.615. The molecule has 1 aliphatic carbocycles. The average Bonchev–Trinajstić information content (AvgIpc) is 3.33. The number of ether oxygens (including phenoxy) is 1. The summed E-state index contributed by atoms with van der Waals surface area (Å²) in [5.74, 6) is -0.326. The van der Waals surface area contributed by atoms with Crippen molar-refractivity contribution in [2.24, 2.45) is 0 Å². The smallest absolute Gasteiger partial charge is 0.407 e. The van der Waals surface area contributed by atoms with Crippen molar-refractivity contribution < 1.29 is 23.8 Å². The van der Waals surface area contributed by atoms with Crippen LogP contribution in [0.15, 0.2) is 16.9 Å². The van der Waals surface area contributed by atoms with Gasteiger partial charge in [0.05, 0.1) is 22.3 Å². The Bertz CT molecular complexity index is 1210. The molecular weight excluding hydrogens is 499 g/mol. The van der Waals surface area contributed by atoms with Crippen molar-refractivity contribution in [3.8, 4) is 0 Å². The molecule has 0 atom stereocenters. The van der Waals surface area contributed by atoms with E-state index in [0.717, 1.165) is 25.7 Å². The Hall–Kier alpha value is -2.82. The Morgan fingerprint density at radius 2 is 1.86 bits per heavy atom. The number of piperidine rings is 1. The van der Waals surface area contributed by atoms with Gasteiger partial charge in [-0.3, -0.25) is 14.2 Å². The molecular formula is C26H35FN4O5S. The first-order valence-corrected chi connectivity index (χ1v) is 13.9. The zero-order valence-corrected chi connectivity index (χ0v) is 22.4. The van der Waals surface area contributed by atoms with Crippen LogP contribution in [0.3, 0.4) is 0 Å². The van der Waals surface area contributed by atoms with E-state index in [0.29, 0.717) is 48.7 Å². The number of amides is 1. The number of nitrogens with zero attached hydrogens (tertiary/aromatic N) is 3. The van der Waals surface area contributed by atoms with E-state index in [4.69, 9.17) is 9.72 Å². The number of rotatable bonds is 7. The van der Waals surface area contributed by atoms with Crippen LogP contribution < -0.4 is 10.9 Å². The van der Waals surface area contributed by atoms with Gasteiger partial charge in [-0.25, -0.2) is 14.2 Å². The Morgan fingerprint density at radius 3 is 2.49 bits per heavy atom. The molecule has 2 aliphatic rings. The highest BCUT2D eigenvalue weighted by Gasteiger charge is 2.25. The molecule has 1 aliphatic heterocycles. The van der Waals surface area contributed by atoms with E-state index < -0.39 is 29.0 Å². The Labute approximate surface area is 219 Å². The maximum atomic E-state index is 15.0. The molecule has 0 spiro atoms. The second-order valence-electron chi connectivity index (χ2n) is 10.8. The van der Waals surface area contributed by atoms with E-state index in [1.165, 1.54) is 15.5 Å². The molecule has 4 rings (SSSR count). The molecule has 9 nitrogen and oxygen atoms in total. The van der Waals surface area contributed by atoms with Gasteiger partial charge in [0.15, 0.2) is 0 Å². The third-order valence-corrected chi connectivity index (χ3v) is 8.07. The van der Waals surface area contributed by atoms with Crippen LogP contribution in [0.4, 0.5) is 14.9 Å². The number of esters is 1. The van der Waals surface area contributed by atoms with Crippen molar-refractivity contribution >= 4 is 40.4 Å². The molecule has 0 radical (unpaired) electrons. The molecule has 1 aromatic heterocycles. The molecule has 202 valence electrons. The number of anilines is 1. The first-order chi connectivity index (χ1) is 17.5. The first-order valence-electron chi connectivity index (χ1n) is 12.8. The van der Waals surface area contributed by atoms with Gasteiger partial charge in [-0.1, -0.05) is 12.8 Å². The monoisotopic (exact) mass is 534 g/mol. The summed E-state index contributed by atoms with van der Waals surface area (Å²) in [5.41, 5.74) is -0.497. The van der Waals surface area contributed by atoms with Gasteiger partial charge in [0, 0.05) is 24.4 Å². The van der Waals surface area contributed by atoms with Gasteiger partial charge in [-0.2, -0.15) is 11.8 Å². The van der Waals surface area contributed by atoms with E-state index >= 15 is 0 Å². The number of fused-ring (bicyclic) bond motifs is 1. The largest absolute Gasteiger partial charge is 0.465 e.